The lowest BCUT2D eigenvalue weighted by Crippen LogP contribution is -2.68. The van der Waals surface area contributed by atoms with Crippen LogP contribution in [0, 0.1) is 28.6 Å². The van der Waals surface area contributed by atoms with Crippen LogP contribution in [0.15, 0.2) is 23.8 Å². The number of alkyl halides is 2. The van der Waals surface area contributed by atoms with Crippen LogP contribution in [0.25, 0.3) is 0 Å². The lowest BCUT2D eigenvalue weighted by Gasteiger charge is -2.62. The number of allylic oxidation sites excluding steroid dienone is 4. The Balaban J connectivity index is 1.82. The number of ketones is 2. The van der Waals surface area contributed by atoms with Gasteiger partial charge in [0, 0.05) is 17.3 Å². The highest BCUT2D eigenvalue weighted by Crippen LogP contribution is 2.69. The quantitative estimate of drug-likeness (QED) is 0.592. The number of aliphatic hydroxyl groups excluding tert-OH is 1. The molecule has 0 aromatic carbocycles. The Bertz CT molecular complexity index is 789. The largest absolute Gasteiger partial charge is 0.390 e. The number of hydrogen-bond donors (Lipinski definition) is 1. The molecular weight excluding hydrogens is 354 g/mol. The fourth-order valence-corrected chi connectivity index (χ4v) is 6.75. The van der Waals surface area contributed by atoms with Crippen molar-refractivity contribution >= 4 is 17.9 Å². The number of carbonyl (C=O) groups excluding carboxylic acids is 3. The average molecular weight is 378 g/mol. The van der Waals surface area contributed by atoms with Gasteiger partial charge in [0.05, 0.1) is 6.10 Å². The van der Waals surface area contributed by atoms with Gasteiger partial charge in [0.2, 0.25) is 0 Å². The van der Waals surface area contributed by atoms with Crippen molar-refractivity contribution in [2.45, 2.75) is 57.5 Å². The summed E-state index contributed by atoms with van der Waals surface area (Å²) in [6.45, 7) is 3.37. The first-order valence-corrected chi connectivity index (χ1v) is 9.55. The molecule has 1 N–H and O–H groups in total. The van der Waals surface area contributed by atoms with E-state index in [1.165, 1.54) is 12.2 Å². The zero-order chi connectivity index (χ0) is 19.8. The molecule has 4 nitrogen and oxygen atoms in total. The molecule has 0 saturated heterocycles. The van der Waals surface area contributed by atoms with Crippen LogP contribution in [0.5, 0.6) is 0 Å². The number of hydrogen-bond acceptors (Lipinski definition) is 4. The first-order chi connectivity index (χ1) is 12.6. The van der Waals surface area contributed by atoms with Gasteiger partial charge in [-0.05, 0) is 61.7 Å². The molecular formula is C21H24F2O4. The van der Waals surface area contributed by atoms with E-state index in [4.69, 9.17) is 0 Å². The zero-order valence-corrected chi connectivity index (χ0v) is 15.5. The maximum absolute atomic E-state index is 16.7. The fraction of sp³-hybridized carbons (Fsp3) is 0.667. The second-order valence-electron chi connectivity index (χ2n) is 9.10. The molecule has 146 valence electrons. The second kappa shape index (κ2) is 5.66. The Kier molecular flexibility index (Phi) is 3.91. The van der Waals surface area contributed by atoms with E-state index in [-0.39, 0.29) is 30.1 Å². The molecule has 27 heavy (non-hydrogen) atoms. The van der Waals surface area contributed by atoms with Gasteiger partial charge in [-0.2, -0.15) is 0 Å². The molecule has 0 heterocycles. The molecule has 0 bridgehead atoms. The summed E-state index contributed by atoms with van der Waals surface area (Å²) in [5, 5.41) is 11.0. The lowest BCUT2D eigenvalue weighted by atomic mass is 9.45. The molecule has 6 heteroatoms. The summed E-state index contributed by atoms with van der Waals surface area (Å²) in [5.74, 6) is -2.56. The monoisotopic (exact) mass is 378 g/mol. The predicted octanol–water partition coefficient (Wildman–Crippen LogP) is 2.69. The number of halogens is 2. The van der Waals surface area contributed by atoms with Crippen LogP contribution in [0.2, 0.25) is 0 Å². The van der Waals surface area contributed by atoms with Crippen molar-refractivity contribution in [2.24, 2.45) is 28.6 Å². The number of rotatable bonds is 2. The van der Waals surface area contributed by atoms with Crippen LogP contribution in [-0.2, 0) is 14.4 Å². The van der Waals surface area contributed by atoms with E-state index in [9.17, 15) is 19.5 Å². The molecule has 3 saturated carbocycles. The number of fused-ring (bicyclic) bond motifs is 5. The molecule has 0 radical (unpaired) electrons. The van der Waals surface area contributed by atoms with Gasteiger partial charge in [0.15, 0.2) is 23.5 Å². The standard InChI is InChI=1S/C21H24F2O4/c1-19-9-18(27)21(23)14(12(19)3-4-13(19)17(26)10-24)8-16(22)15-7-11(25)5-6-20(15,21)2/h5-7,10,12-14,16,18,27H,3-4,8-9H2,1-2H3/t12-,13?,14-,16-,18-,19-,20-,21-/m0/s1. The number of aldehydes is 1. The first kappa shape index (κ1) is 18.7. The third-order valence-electron chi connectivity index (χ3n) is 8.09. The van der Waals surface area contributed by atoms with Gasteiger partial charge in [-0.1, -0.05) is 13.0 Å². The lowest BCUT2D eigenvalue weighted by molar-refractivity contribution is -0.201. The first-order valence-electron chi connectivity index (χ1n) is 9.55. The molecule has 3 fully saturated rings. The number of Topliss-reactive ketones (excluding diaryl/α,β-unsaturated/α-hetero) is 1. The number of carbonyl (C=O) groups is 3. The van der Waals surface area contributed by atoms with Gasteiger partial charge < -0.3 is 5.11 Å². The predicted molar refractivity (Wildman–Crippen MR) is 93.2 cm³/mol. The van der Waals surface area contributed by atoms with Crippen LogP contribution < -0.4 is 0 Å². The maximum Gasteiger partial charge on any atom is 0.198 e. The van der Waals surface area contributed by atoms with Crippen LogP contribution >= 0.6 is 0 Å². The average Bonchev–Trinajstić information content (AvgIpc) is 2.95. The smallest absolute Gasteiger partial charge is 0.198 e. The van der Waals surface area contributed by atoms with Crippen molar-refractivity contribution in [2.75, 3.05) is 0 Å². The Morgan fingerprint density at radius 3 is 2.67 bits per heavy atom. The van der Waals surface area contributed by atoms with Gasteiger partial charge >= 0.3 is 0 Å². The topological polar surface area (TPSA) is 71.4 Å². The van der Waals surface area contributed by atoms with Crippen molar-refractivity contribution in [1.29, 1.82) is 0 Å². The van der Waals surface area contributed by atoms with Crippen LogP contribution in [-0.4, -0.2) is 40.9 Å². The number of aliphatic hydroxyl groups is 1. The summed E-state index contributed by atoms with van der Waals surface area (Å²) >= 11 is 0. The summed E-state index contributed by atoms with van der Waals surface area (Å²) in [5.41, 5.74) is -4.17. The summed E-state index contributed by atoms with van der Waals surface area (Å²) in [6.07, 6.45) is 2.10. The summed E-state index contributed by atoms with van der Waals surface area (Å²) in [6, 6.07) is 0. The molecule has 1 unspecified atom stereocenters. The molecule has 4 aliphatic rings. The minimum atomic E-state index is -2.12. The summed E-state index contributed by atoms with van der Waals surface area (Å²) in [7, 11) is 0. The minimum Gasteiger partial charge on any atom is -0.390 e. The Hall–Kier alpha value is -1.69. The molecule has 8 atom stereocenters. The van der Waals surface area contributed by atoms with Gasteiger partial charge in [-0.3, -0.25) is 14.4 Å². The normalized spacial score (nSPS) is 51.1. The highest BCUT2D eigenvalue weighted by atomic mass is 19.1. The van der Waals surface area contributed by atoms with E-state index in [0.717, 1.165) is 6.08 Å². The van der Waals surface area contributed by atoms with E-state index in [0.29, 0.717) is 19.1 Å². The highest BCUT2D eigenvalue weighted by Gasteiger charge is 2.72. The molecule has 0 aromatic heterocycles. The molecule has 0 aromatic rings. The van der Waals surface area contributed by atoms with Crippen LogP contribution in [0.4, 0.5) is 8.78 Å². The minimum absolute atomic E-state index is 0.0382. The maximum atomic E-state index is 16.7. The van der Waals surface area contributed by atoms with Gasteiger partial charge in [0.25, 0.3) is 0 Å². The van der Waals surface area contributed by atoms with Gasteiger partial charge in [-0.25, -0.2) is 8.78 Å². The Morgan fingerprint density at radius 1 is 1.30 bits per heavy atom. The molecule has 4 rings (SSSR count). The van der Waals surface area contributed by atoms with E-state index in [1.807, 2.05) is 6.92 Å². The highest BCUT2D eigenvalue weighted by molar-refractivity contribution is 6.26. The third-order valence-corrected chi connectivity index (χ3v) is 8.09. The molecule has 0 aliphatic heterocycles. The molecule has 0 amide bonds. The van der Waals surface area contributed by atoms with E-state index in [1.54, 1.807) is 6.92 Å². The fourth-order valence-electron chi connectivity index (χ4n) is 6.75. The van der Waals surface area contributed by atoms with E-state index < -0.39 is 46.4 Å². The van der Waals surface area contributed by atoms with Crippen molar-refractivity contribution in [3.05, 3.63) is 23.8 Å². The zero-order valence-electron chi connectivity index (χ0n) is 15.5. The van der Waals surface area contributed by atoms with Crippen molar-refractivity contribution < 1.29 is 28.3 Å². The van der Waals surface area contributed by atoms with Crippen molar-refractivity contribution in [3.63, 3.8) is 0 Å². The SMILES string of the molecule is C[C@]12C=CC(=O)C=C1[C@@H](F)C[C@H]1[C@@H]3CCC(C(=O)C=O)[C@@]3(C)C[C@H](O)[C@@]12F. The Labute approximate surface area is 156 Å². The summed E-state index contributed by atoms with van der Waals surface area (Å²) in [4.78, 5) is 35.0. The Morgan fingerprint density at radius 2 is 2.00 bits per heavy atom. The van der Waals surface area contributed by atoms with Gasteiger partial charge in [-0.15, -0.1) is 0 Å². The summed E-state index contributed by atoms with van der Waals surface area (Å²) < 4.78 is 31.8. The van der Waals surface area contributed by atoms with E-state index >= 15 is 8.78 Å². The third kappa shape index (κ3) is 2.13. The van der Waals surface area contributed by atoms with Crippen molar-refractivity contribution in [3.8, 4) is 0 Å². The molecule has 0 spiro atoms. The van der Waals surface area contributed by atoms with Gasteiger partial charge in [0.1, 0.15) is 6.17 Å². The van der Waals surface area contributed by atoms with Crippen molar-refractivity contribution in [1.82, 2.24) is 0 Å². The second-order valence-corrected chi connectivity index (χ2v) is 9.10. The van der Waals surface area contributed by atoms with Crippen LogP contribution in [0.1, 0.15) is 39.5 Å². The van der Waals surface area contributed by atoms with E-state index in [2.05, 4.69) is 0 Å². The molecule has 4 aliphatic carbocycles. The van der Waals surface area contributed by atoms with Crippen LogP contribution in [0.3, 0.4) is 0 Å².